The Kier molecular flexibility index (Phi) is 6.87. The minimum Gasteiger partial charge on any atom is -0.428 e. The maximum absolute atomic E-state index is 14.1. The molecule has 0 aliphatic heterocycles. The Morgan fingerprint density at radius 2 is 1.93 bits per heavy atom. The zero-order valence-electron chi connectivity index (χ0n) is 15.2. The SMILES string of the molecule is Cc1nn(C)c(C(=O)NCc2ccc(OC(F)(F)C(F)OC(F)(F)F)cc2F)c1Cl. The summed E-state index contributed by atoms with van der Waals surface area (Å²) in [6.07, 6.45) is -14.9. The van der Waals surface area contributed by atoms with Gasteiger partial charge in [-0.3, -0.25) is 9.48 Å². The summed E-state index contributed by atoms with van der Waals surface area (Å²) < 4.78 is 96.9. The molecule has 1 N–H and O–H groups in total. The molecule has 1 aromatic carbocycles. The lowest BCUT2D eigenvalue weighted by Crippen LogP contribution is -2.41. The first-order valence-corrected chi connectivity index (χ1v) is 8.30. The third kappa shape index (κ3) is 5.75. The first-order valence-electron chi connectivity index (χ1n) is 7.92. The molecule has 0 radical (unpaired) electrons. The lowest BCUT2D eigenvalue weighted by atomic mass is 10.2. The fraction of sp³-hybridized carbons (Fsp3) is 0.375. The molecule has 0 spiro atoms. The summed E-state index contributed by atoms with van der Waals surface area (Å²) in [5.74, 6) is -2.81. The van der Waals surface area contributed by atoms with Crippen molar-refractivity contribution >= 4 is 17.5 Å². The molecule has 1 aromatic heterocycles. The third-order valence-electron chi connectivity index (χ3n) is 3.58. The van der Waals surface area contributed by atoms with E-state index < -0.39 is 42.8 Å². The summed E-state index contributed by atoms with van der Waals surface area (Å²) in [5, 5.41) is 6.37. The number of alkyl halides is 6. The standard InChI is InChI=1S/C16H13ClF7N3O3/c1-7-11(17)12(27(2)26-7)13(28)25-6-8-3-4-9(5-10(8)18)29-15(20,21)14(19)30-16(22,23)24/h3-5,14H,6H2,1-2H3,(H,25,28). The molecule has 0 saturated carbocycles. The van der Waals surface area contributed by atoms with Crippen LogP contribution in [-0.2, 0) is 18.3 Å². The van der Waals surface area contributed by atoms with Gasteiger partial charge >= 0.3 is 18.8 Å². The zero-order valence-corrected chi connectivity index (χ0v) is 15.9. The van der Waals surface area contributed by atoms with Crippen molar-refractivity contribution in [2.75, 3.05) is 0 Å². The lowest BCUT2D eigenvalue weighted by Gasteiger charge is -2.22. The zero-order chi connectivity index (χ0) is 22.9. The topological polar surface area (TPSA) is 65.4 Å². The number of carbonyl (C=O) groups is 1. The van der Waals surface area contributed by atoms with E-state index >= 15 is 0 Å². The molecule has 0 aliphatic carbocycles. The van der Waals surface area contributed by atoms with Crippen LogP contribution in [0.1, 0.15) is 21.7 Å². The van der Waals surface area contributed by atoms with Gasteiger partial charge in [0.1, 0.15) is 17.3 Å². The van der Waals surface area contributed by atoms with Crippen LogP contribution in [0.5, 0.6) is 5.75 Å². The number of nitrogens with zero attached hydrogens (tertiary/aromatic N) is 2. The van der Waals surface area contributed by atoms with E-state index in [0.29, 0.717) is 11.8 Å². The molecular weight excluding hydrogens is 451 g/mol. The second-order valence-corrected chi connectivity index (χ2v) is 6.23. The highest BCUT2D eigenvalue weighted by Crippen LogP contribution is 2.32. The molecular formula is C16H13ClF7N3O3. The number of aromatic nitrogens is 2. The van der Waals surface area contributed by atoms with Crippen molar-refractivity contribution in [1.29, 1.82) is 0 Å². The average Bonchev–Trinajstić information content (AvgIpc) is 2.84. The summed E-state index contributed by atoms with van der Waals surface area (Å²) >= 11 is 5.95. The van der Waals surface area contributed by atoms with Crippen LogP contribution >= 0.6 is 11.6 Å². The quantitative estimate of drug-likeness (QED) is 0.623. The number of carbonyl (C=O) groups excluding carboxylic acids is 1. The number of nitrogens with one attached hydrogen (secondary N) is 1. The highest BCUT2D eigenvalue weighted by Gasteiger charge is 2.50. The van der Waals surface area contributed by atoms with Crippen LogP contribution in [0.4, 0.5) is 30.7 Å². The van der Waals surface area contributed by atoms with Gasteiger partial charge in [-0.2, -0.15) is 13.9 Å². The summed E-state index contributed by atoms with van der Waals surface area (Å²) in [6, 6.07) is 2.05. The van der Waals surface area contributed by atoms with E-state index in [9.17, 15) is 35.5 Å². The third-order valence-corrected chi connectivity index (χ3v) is 4.04. The maximum atomic E-state index is 14.1. The molecule has 6 nitrogen and oxygen atoms in total. The van der Waals surface area contributed by atoms with Crippen molar-refractivity contribution in [1.82, 2.24) is 15.1 Å². The van der Waals surface area contributed by atoms with Crippen LogP contribution in [0, 0.1) is 12.7 Å². The highest BCUT2D eigenvalue weighted by molar-refractivity contribution is 6.34. The Hall–Kier alpha value is -2.54. The Morgan fingerprint density at radius 1 is 1.30 bits per heavy atom. The van der Waals surface area contributed by atoms with Crippen LogP contribution in [-0.4, -0.2) is 34.5 Å². The van der Waals surface area contributed by atoms with E-state index in [4.69, 9.17) is 11.6 Å². The lowest BCUT2D eigenvalue weighted by molar-refractivity contribution is -0.411. The normalized spacial score (nSPS) is 13.3. The second-order valence-electron chi connectivity index (χ2n) is 5.85. The van der Waals surface area contributed by atoms with Gasteiger partial charge < -0.3 is 10.1 Å². The summed E-state index contributed by atoms with van der Waals surface area (Å²) in [5.41, 5.74) is 0.212. The number of hydrogen-bond donors (Lipinski definition) is 1. The number of halogens is 8. The van der Waals surface area contributed by atoms with Crippen LogP contribution in [0.15, 0.2) is 18.2 Å². The Labute approximate surface area is 169 Å². The minimum atomic E-state index is -5.67. The van der Waals surface area contributed by atoms with Gasteiger partial charge in [0.2, 0.25) is 0 Å². The van der Waals surface area contributed by atoms with E-state index in [1.807, 2.05) is 0 Å². The van der Waals surface area contributed by atoms with Crippen LogP contribution in [0.25, 0.3) is 0 Å². The predicted molar refractivity (Wildman–Crippen MR) is 88.1 cm³/mol. The number of hydrogen-bond acceptors (Lipinski definition) is 4. The predicted octanol–water partition coefficient (Wildman–Crippen LogP) is 4.25. The molecule has 166 valence electrons. The molecule has 0 aliphatic rings. The summed E-state index contributed by atoms with van der Waals surface area (Å²) in [6.45, 7) is 1.17. The molecule has 1 heterocycles. The molecule has 0 bridgehead atoms. The number of ether oxygens (including phenoxy) is 2. The van der Waals surface area contributed by atoms with E-state index in [1.54, 1.807) is 6.92 Å². The van der Waals surface area contributed by atoms with Crippen LogP contribution < -0.4 is 10.1 Å². The van der Waals surface area contributed by atoms with Gasteiger partial charge in [0.25, 0.3) is 5.91 Å². The second kappa shape index (κ2) is 8.68. The summed E-state index contributed by atoms with van der Waals surface area (Å²) in [4.78, 5) is 12.2. The largest absolute Gasteiger partial charge is 0.525 e. The molecule has 14 heteroatoms. The minimum absolute atomic E-state index is 0.00724. The molecule has 0 saturated heterocycles. The smallest absolute Gasteiger partial charge is 0.428 e. The molecule has 30 heavy (non-hydrogen) atoms. The molecule has 0 fully saturated rings. The monoisotopic (exact) mass is 463 g/mol. The van der Waals surface area contributed by atoms with Gasteiger partial charge in [0, 0.05) is 25.2 Å². The fourth-order valence-electron chi connectivity index (χ4n) is 2.26. The highest BCUT2D eigenvalue weighted by atomic mass is 35.5. The van der Waals surface area contributed by atoms with Crippen molar-refractivity contribution < 1.29 is 45.0 Å². The van der Waals surface area contributed by atoms with E-state index in [2.05, 4.69) is 19.9 Å². The number of benzene rings is 1. The van der Waals surface area contributed by atoms with Gasteiger partial charge in [-0.25, -0.2) is 13.5 Å². The van der Waals surface area contributed by atoms with E-state index in [-0.39, 0.29) is 16.3 Å². The molecule has 1 atom stereocenters. The number of rotatable bonds is 7. The van der Waals surface area contributed by atoms with Crippen molar-refractivity contribution in [2.45, 2.75) is 32.3 Å². The molecule has 2 aromatic rings. The van der Waals surface area contributed by atoms with Crippen molar-refractivity contribution in [3.05, 3.63) is 46.0 Å². The van der Waals surface area contributed by atoms with Crippen LogP contribution in [0.2, 0.25) is 5.02 Å². The summed E-state index contributed by atoms with van der Waals surface area (Å²) in [7, 11) is 1.46. The van der Waals surface area contributed by atoms with Gasteiger partial charge in [0.05, 0.1) is 10.7 Å². The van der Waals surface area contributed by atoms with Crippen molar-refractivity contribution in [3.63, 3.8) is 0 Å². The first kappa shape index (κ1) is 23.7. The molecule has 1 unspecified atom stereocenters. The Morgan fingerprint density at radius 3 is 2.43 bits per heavy atom. The Balaban J connectivity index is 2.05. The maximum Gasteiger partial charge on any atom is 0.525 e. The molecule has 2 rings (SSSR count). The van der Waals surface area contributed by atoms with Gasteiger partial charge in [0.15, 0.2) is 0 Å². The fourth-order valence-corrected chi connectivity index (χ4v) is 2.51. The average molecular weight is 464 g/mol. The van der Waals surface area contributed by atoms with Gasteiger partial charge in [-0.1, -0.05) is 17.7 Å². The number of amides is 1. The van der Waals surface area contributed by atoms with Crippen LogP contribution in [0.3, 0.4) is 0 Å². The Bertz CT molecular complexity index is 934. The van der Waals surface area contributed by atoms with Gasteiger partial charge in [-0.15, -0.1) is 13.2 Å². The molecule has 1 amide bonds. The van der Waals surface area contributed by atoms with Gasteiger partial charge in [-0.05, 0) is 13.0 Å². The first-order chi connectivity index (χ1) is 13.7. The van der Waals surface area contributed by atoms with Crippen molar-refractivity contribution in [2.24, 2.45) is 7.05 Å². The van der Waals surface area contributed by atoms with Crippen molar-refractivity contribution in [3.8, 4) is 5.75 Å². The van der Waals surface area contributed by atoms with E-state index in [1.165, 1.54) is 11.7 Å². The van der Waals surface area contributed by atoms with E-state index in [0.717, 1.165) is 12.1 Å². The number of aryl methyl sites for hydroxylation is 2.